The van der Waals surface area contributed by atoms with E-state index in [1.54, 1.807) is 30.1 Å². The molecule has 1 amide bonds. The quantitative estimate of drug-likeness (QED) is 0.134. The second-order valence-electron chi connectivity index (χ2n) is 14.2. The molecule has 2 fully saturated rings. The lowest BCUT2D eigenvalue weighted by molar-refractivity contribution is -0.131. The number of fused-ring (bicyclic) bond motifs is 1. The maximum atomic E-state index is 15.6. The summed E-state index contributed by atoms with van der Waals surface area (Å²) in [4.78, 5) is 37.7. The number of rotatable bonds is 15. The molecule has 2 aromatic heterocycles. The summed E-state index contributed by atoms with van der Waals surface area (Å²) in [7, 11) is 1.72. The molecule has 1 spiro atoms. The fraction of sp³-hybridized carbons (Fsp3) is 0.475. The summed E-state index contributed by atoms with van der Waals surface area (Å²) in [6, 6.07) is 15.7. The molecule has 1 unspecified atom stereocenters. The molecule has 1 atom stereocenters. The molecule has 2 aliphatic rings. The summed E-state index contributed by atoms with van der Waals surface area (Å²) >= 11 is 0. The average Bonchev–Trinajstić information content (AvgIpc) is 3.15. The Morgan fingerprint density at radius 3 is 2.75 bits per heavy atom. The Hall–Kier alpha value is -4.40. The number of aryl methyl sites for hydroxylation is 1. The molecule has 2 aromatic carbocycles. The predicted octanol–water partition coefficient (Wildman–Crippen LogP) is 3.68. The molecule has 6 rings (SSSR count). The van der Waals surface area contributed by atoms with E-state index in [2.05, 4.69) is 38.1 Å². The van der Waals surface area contributed by atoms with E-state index in [1.165, 1.54) is 17.7 Å². The van der Waals surface area contributed by atoms with Crippen molar-refractivity contribution in [3.8, 4) is 5.75 Å². The maximum absolute atomic E-state index is 15.6. The van der Waals surface area contributed by atoms with Gasteiger partial charge in [-0.1, -0.05) is 24.3 Å². The average molecular weight is 731 g/mol. The smallest absolute Gasteiger partial charge is 0.248 e. The first kappa shape index (κ1) is 38.3. The number of piperidine rings is 1. The second kappa shape index (κ2) is 17.6. The number of benzene rings is 2. The van der Waals surface area contributed by atoms with Gasteiger partial charge in [0, 0.05) is 82.6 Å². The van der Waals surface area contributed by atoms with Crippen molar-refractivity contribution in [1.29, 1.82) is 0 Å². The number of aromatic hydroxyl groups is 1. The summed E-state index contributed by atoms with van der Waals surface area (Å²) in [5.41, 5.74) is 2.79. The monoisotopic (exact) mass is 730 g/mol. The number of phenols is 1. The third-order valence-corrected chi connectivity index (χ3v) is 10.4. The van der Waals surface area contributed by atoms with E-state index in [0.717, 1.165) is 44.8 Å². The number of carbonyl (C=O) groups is 1. The predicted molar refractivity (Wildman–Crippen MR) is 202 cm³/mol. The Balaban J connectivity index is 0.872. The molecule has 12 nitrogen and oxygen atoms in total. The number of amides is 1. The molecular weight excluding hydrogens is 679 g/mol. The van der Waals surface area contributed by atoms with Crippen LogP contribution in [-0.2, 0) is 27.2 Å². The Morgan fingerprint density at radius 2 is 1.94 bits per heavy atom. The van der Waals surface area contributed by atoms with Crippen LogP contribution in [0.4, 0.5) is 10.2 Å². The van der Waals surface area contributed by atoms with Crippen LogP contribution in [0.25, 0.3) is 10.9 Å². The lowest BCUT2D eigenvalue weighted by Crippen LogP contribution is -2.57. The minimum Gasteiger partial charge on any atom is -0.506 e. The number of carbonyl (C=O) groups excluding carboxylic acids is 1. The van der Waals surface area contributed by atoms with Gasteiger partial charge in [-0.3, -0.25) is 14.5 Å². The number of halogens is 1. The number of hydrogen-bond acceptors (Lipinski definition) is 10. The largest absolute Gasteiger partial charge is 0.506 e. The molecule has 4 N–H and O–H groups in total. The maximum Gasteiger partial charge on any atom is 0.248 e. The number of likely N-dealkylation sites (tertiary alicyclic amines) is 1. The minimum atomic E-state index is -0.882. The minimum absolute atomic E-state index is 0.0654. The number of aliphatic hydroxyl groups excluding tert-OH is 1. The highest BCUT2D eigenvalue weighted by atomic mass is 19.1. The zero-order valence-corrected chi connectivity index (χ0v) is 30.7. The van der Waals surface area contributed by atoms with Crippen LogP contribution in [0.15, 0.2) is 65.6 Å². The van der Waals surface area contributed by atoms with Gasteiger partial charge in [0.05, 0.1) is 43.5 Å². The highest BCUT2D eigenvalue weighted by molar-refractivity contribution is 5.87. The summed E-state index contributed by atoms with van der Waals surface area (Å²) in [5, 5.41) is 24.5. The van der Waals surface area contributed by atoms with Crippen LogP contribution in [0.1, 0.15) is 47.6 Å². The van der Waals surface area contributed by atoms with Crippen molar-refractivity contribution in [2.45, 2.75) is 50.9 Å². The lowest BCUT2D eigenvalue weighted by atomic mass is 9.89. The van der Waals surface area contributed by atoms with Crippen molar-refractivity contribution in [2.24, 2.45) is 0 Å². The van der Waals surface area contributed by atoms with Crippen molar-refractivity contribution in [3.63, 3.8) is 0 Å². The highest BCUT2D eigenvalue weighted by Gasteiger charge is 2.40. The lowest BCUT2D eigenvalue weighted by Gasteiger charge is -2.47. The van der Waals surface area contributed by atoms with Crippen LogP contribution in [-0.4, -0.2) is 114 Å². The molecule has 0 radical (unpaired) electrons. The van der Waals surface area contributed by atoms with Crippen molar-refractivity contribution in [1.82, 2.24) is 25.1 Å². The van der Waals surface area contributed by atoms with Crippen LogP contribution < -0.4 is 15.8 Å². The summed E-state index contributed by atoms with van der Waals surface area (Å²) in [5.74, 6) is 0.669. The molecule has 0 saturated carbocycles. The number of likely N-dealkylation sites (N-methyl/N-ethyl adjacent to an activating group) is 1. The van der Waals surface area contributed by atoms with E-state index >= 15 is 4.39 Å². The third kappa shape index (κ3) is 9.78. The Labute approximate surface area is 309 Å². The van der Waals surface area contributed by atoms with E-state index in [4.69, 9.17) is 9.47 Å². The zero-order valence-electron chi connectivity index (χ0n) is 30.7. The zero-order chi connectivity index (χ0) is 37.4. The topological polar surface area (TPSA) is 143 Å². The second-order valence-corrected chi connectivity index (χ2v) is 14.2. The molecule has 13 heteroatoms. The molecule has 284 valence electrons. The Kier molecular flexibility index (Phi) is 12.7. The number of H-pyrrole nitrogens is 1. The summed E-state index contributed by atoms with van der Waals surface area (Å²) in [6.45, 7) is 8.29. The molecule has 2 saturated heterocycles. The van der Waals surface area contributed by atoms with E-state index in [1.807, 2.05) is 24.4 Å². The molecule has 2 aliphatic heterocycles. The van der Waals surface area contributed by atoms with Crippen LogP contribution >= 0.6 is 0 Å². The van der Waals surface area contributed by atoms with Crippen LogP contribution in [0.5, 0.6) is 5.75 Å². The van der Waals surface area contributed by atoms with Gasteiger partial charge in [0.25, 0.3) is 0 Å². The Morgan fingerprint density at radius 1 is 1.13 bits per heavy atom. The molecule has 0 bridgehead atoms. The van der Waals surface area contributed by atoms with Gasteiger partial charge in [0.2, 0.25) is 11.5 Å². The van der Waals surface area contributed by atoms with E-state index in [9.17, 15) is 19.8 Å². The van der Waals surface area contributed by atoms with E-state index in [0.29, 0.717) is 61.3 Å². The number of aromatic nitrogens is 2. The fourth-order valence-electron chi connectivity index (χ4n) is 7.25. The van der Waals surface area contributed by atoms with Crippen LogP contribution in [0, 0.1) is 12.7 Å². The van der Waals surface area contributed by atoms with E-state index < -0.39 is 6.10 Å². The first-order valence-corrected chi connectivity index (χ1v) is 18.5. The standard InChI is InChI=1S/C40H51FN6O6/c1-28-10-15-43-35(24-28)47-20-23-53-40(27-47)13-17-46(18-14-40)26-30-5-3-4-29(38(30)41)11-21-52-22-12-37(51)45(2)19-16-42-25-34(49)31-6-8-33(48)39-32(31)7-9-36(50)44-39/h3-10,15,24,34,42,48-49H,11-14,16-23,25-27H2,1-2H3,(H,44,50). The van der Waals surface area contributed by atoms with Crippen LogP contribution in [0.3, 0.4) is 0 Å². The van der Waals surface area contributed by atoms with Crippen molar-refractivity contribution < 1.29 is 28.9 Å². The first-order valence-electron chi connectivity index (χ1n) is 18.5. The molecule has 4 heterocycles. The number of aromatic amines is 1. The number of phenolic OH excluding ortho intramolecular Hbond substituents is 1. The van der Waals surface area contributed by atoms with Gasteiger partial charge in [0.1, 0.15) is 17.4 Å². The highest BCUT2D eigenvalue weighted by Crippen LogP contribution is 2.33. The van der Waals surface area contributed by atoms with Crippen LogP contribution in [0.2, 0.25) is 0 Å². The number of nitrogens with zero attached hydrogens (tertiary/aromatic N) is 4. The Bertz CT molecular complexity index is 1910. The van der Waals surface area contributed by atoms with E-state index in [-0.39, 0.29) is 53.7 Å². The number of morpholine rings is 1. The molecule has 53 heavy (non-hydrogen) atoms. The van der Waals surface area contributed by atoms with Gasteiger partial charge in [-0.2, -0.15) is 0 Å². The number of aliphatic hydroxyl groups is 1. The normalized spacial score (nSPS) is 16.6. The number of pyridine rings is 2. The van der Waals surface area contributed by atoms with Crippen molar-refractivity contribution >= 4 is 22.6 Å². The van der Waals surface area contributed by atoms with Gasteiger partial charge in [-0.05, 0) is 67.1 Å². The number of nitrogens with one attached hydrogen (secondary N) is 2. The van der Waals surface area contributed by atoms with Gasteiger partial charge >= 0.3 is 0 Å². The van der Waals surface area contributed by atoms with Crippen molar-refractivity contribution in [3.05, 3.63) is 99.2 Å². The SMILES string of the molecule is Cc1ccnc(N2CCOC3(CCN(Cc4cccc(CCOCCC(=O)N(C)CCNCC(O)c5ccc(O)c6[nH]c(=O)ccc56)c4F)CC3)C2)c1. The molecule has 4 aromatic rings. The van der Waals surface area contributed by atoms with Gasteiger partial charge in [0.15, 0.2) is 0 Å². The third-order valence-electron chi connectivity index (χ3n) is 10.4. The fourth-order valence-corrected chi connectivity index (χ4v) is 7.25. The first-order chi connectivity index (χ1) is 25.6. The van der Waals surface area contributed by atoms with Gasteiger partial charge in [-0.15, -0.1) is 0 Å². The number of ether oxygens (including phenoxy) is 2. The number of anilines is 1. The molecule has 0 aliphatic carbocycles. The van der Waals surface area contributed by atoms with Crippen molar-refractivity contribution in [2.75, 3.05) is 77.6 Å². The number of hydrogen-bond donors (Lipinski definition) is 4. The van der Waals surface area contributed by atoms with Gasteiger partial charge < -0.3 is 39.8 Å². The summed E-state index contributed by atoms with van der Waals surface area (Å²) < 4.78 is 27.6. The van der Waals surface area contributed by atoms with Gasteiger partial charge in [-0.25, -0.2) is 9.37 Å². The molecular formula is C40H51FN6O6. The summed E-state index contributed by atoms with van der Waals surface area (Å²) in [6.07, 6.45) is 3.39.